The zero-order chi connectivity index (χ0) is 20.0. The average Bonchev–Trinajstić information content (AvgIpc) is 2.74. The van der Waals surface area contributed by atoms with Crippen LogP contribution >= 0.6 is 0 Å². The monoisotopic (exact) mass is 398 g/mol. The van der Waals surface area contributed by atoms with Crippen LogP contribution in [-0.2, 0) is 9.84 Å². The van der Waals surface area contributed by atoms with E-state index in [9.17, 15) is 13.2 Å². The molecule has 0 radical (unpaired) electrons. The van der Waals surface area contributed by atoms with Gasteiger partial charge in [-0.15, -0.1) is 0 Å². The lowest BCUT2D eigenvalue weighted by atomic mass is 10.1. The summed E-state index contributed by atoms with van der Waals surface area (Å²) in [5, 5.41) is 0. The smallest absolute Gasteiger partial charge is 0.255 e. The summed E-state index contributed by atoms with van der Waals surface area (Å²) >= 11 is 0. The minimum absolute atomic E-state index is 0.0151. The molecule has 0 aromatic heterocycles. The molecule has 5 nitrogen and oxygen atoms in total. The molecule has 0 N–H and O–H groups in total. The second-order valence-corrected chi connectivity index (χ2v) is 9.05. The van der Waals surface area contributed by atoms with Gasteiger partial charge in [-0.05, 0) is 17.7 Å². The highest BCUT2D eigenvalue weighted by atomic mass is 32.2. The van der Waals surface area contributed by atoms with Crippen molar-refractivity contribution in [2.24, 2.45) is 0 Å². The van der Waals surface area contributed by atoms with Gasteiger partial charge in [0.2, 0.25) is 0 Å². The van der Waals surface area contributed by atoms with E-state index in [1.807, 2.05) is 18.2 Å². The number of amides is 1. The quantitative estimate of drug-likeness (QED) is 0.751. The fourth-order valence-corrected chi connectivity index (χ4v) is 4.36. The second-order valence-electron chi connectivity index (χ2n) is 6.81. The molecule has 6 heteroatoms. The number of carbonyl (C=O) groups is 1. The highest BCUT2D eigenvalue weighted by molar-refractivity contribution is 7.91. The average molecular weight is 399 g/mol. The summed E-state index contributed by atoms with van der Waals surface area (Å²) in [7, 11) is -3.43. The molecular formula is C22H26N2O3S. The van der Waals surface area contributed by atoms with Crippen LogP contribution in [0.1, 0.15) is 22.8 Å². The maximum Gasteiger partial charge on any atom is 0.255 e. The Bertz CT molecular complexity index is 931. The van der Waals surface area contributed by atoms with Crippen LogP contribution in [0.5, 0.6) is 0 Å². The van der Waals surface area contributed by atoms with Crippen LogP contribution in [0.4, 0.5) is 0 Å². The van der Waals surface area contributed by atoms with Gasteiger partial charge in [0, 0.05) is 32.7 Å². The van der Waals surface area contributed by atoms with E-state index in [-0.39, 0.29) is 22.1 Å². The highest BCUT2D eigenvalue weighted by Gasteiger charge is 2.26. The van der Waals surface area contributed by atoms with Gasteiger partial charge in [-0.1, -0.05) is 61.5 Å². The van der Waals surface area contributed by atoms with Crippen LogP contribution in [0.15, 0.2) is 65.6 Å². The van der Waals surface area contributed by atoms with Gasteiger partial charge >= 0.3 is 0 Å². The van der Waals surface area contributed by atoms with Crippen molar-refractivity contribution in [3.63, 3.8) is 0 Å². The number of rotatable bonds is 6. The van der Waals surface area contributed by atoms with Gasteiger partial charge in [-0.2, -0.15) is 0 Å². The van der Waals surface area contributed by atoms with Gasteiger partial charge in [0.1, 0.15) is 0 Å². The molecule has 0 aliphatic carbocycles. The van der Waals surface area contributed by atoms with Crippen LogP contribution in [0.25, 0.3) is 6.08 Å². The van der Waals surface area contributed by atoms with Crippen molar-refractivity contribution >= 4 is 21.8 Å². The van der Waals surface area contributed by atoms with Gasteiger partial charge in [0.05, 0.1) is 16.2 Å². The Balaban J connectivity index is 1.60. The molecule has 2 aromatic carbocycles. The summed E-state index contributed by atoms with van der Waals surface area (Å²) in [6.07, 6.45) is 4.24. The van der Waals surface area contributed by atoms with Crippen LogP contribution < -0.4 is 0 Å². The fraction of sp³-hybridized carbons (Fsp3) is 0.318. The second kappa shape index (κ2) is 9.17. The van der Waals surface area contributed by atoms with E-state index in [0.29, 0.717) is 13.1 Å². The van der Waals surface area contributed by atoms with E-state index in [2.05, 4.69) is 29.2 Å². The highest BCUT2D eigenvalue weighted by Crippen LogP contribution is 2.19. The van der Waals surface area contributed by atoms with Crippen molar-refractivity contribution in [1.29, 1.82) is 0 Å². The fourth-order valence-electron chi connectivity index (χ4n) is 3.28. The van der Waals surface area contributed by atoms with Crippen molar-refractivity contribution < 1.29 is 13.2 Å². The minimum atomic E-state index is -3.43. The number of nitrogens with zero attached hydrogens (tertiary/aromatic N) is 2. The molecule has 1 aliphatic heterocycles. The molecule has 0 bridgehead atoms. The number of benzene rings is 2. The number of hydrogen-bond donors (Lipinski definition) is 0. The lowest BCUT2D eigenvalue weighted by molar-refractivity contribution is 0.0646. The molecule has 1 heterocycles. The maximum absolute atomic E-state index is 12.9. The maximum atomic E-state index is 12.9. The predicted molar refractivity (Wildman–Crippen MR) is 112 cm³/mol. The van der Waals surface area contributed by atoms with Crippen LogP contribution in [0.2, 0.25) is 0 Å². The van der Waals surface area contributed by atoms with E-state index in [1.54, 1.807) is 30.0 Å². The number of carbonyl (C=O) groups excluding carboxylic acids is 1. The van der Waals surface area contributed by atoms with Crippen LogP contribution in [0.3, 0.4) is 0 Å². The van der Waals surface area contributed by atoms with Gasteiger partial charge < -0.3 is 4.90 Å². The molecule has 1 amide bonds. The zero-order valence-electron chi connectivity index (χ0n) is 16.1. The van der Waals surface area contributed by atoms with Crippen molar-refractivity contribution in [3.05, 3.63) is 71.8 Å². The topological polar surface area (TPSA) is 57.7 Å². The first-order valence-electron chi connectivity index (χ1n) is 9.56. The number of piperazine rings is 1. The van der Waals surface area contributed by atoms with Gasteiger partial charge in [-0.25, -0.2) is 8.42 Å². The van der Waals surface area contributed by atoms with Crippen LogP contribution in [0, 0.1) is 0 Å². The molecule has 2 aromatic rings. The third-order valence-electron chi connectivity index (χ3n) is 4.97. The van der Waals surface area contributed by atoms with Crippen molar-refractivity contribution in [2.75, 3.05) is 38.5 Å². The lowest BCUT2D eigenvalue weighted by Gasteiger charge is -2.34. The van der Waals surface area contributed by atoms with Gasteiger partial charge in [0.15, 0.2) is 9.84 Å². The van der Waals surface area contributed by atoms with Crippen molar-refractivity contribution in [3.8, 4) is 0 Å². The molecule has 148 valence electrons. The Kier molecular flexibility index (Phi) is 6.65. The van der Waals surface area contributed by atoms with E-state index < -0.39 is 9.84 Å². The molecular weight excluding hydrogens is 372 g/mol. The van der Waals surface area contributed by atoms with E-state index in [0.717, 1.165) is 19.6 Å². The Morgan fingerprint density at radius 3 is 2.29 bits per heavy atom. The van der Waals surface area contributed by atoms with Crippen LogP contribution in [-0.4, -0.2) is 62.6 Å². The Hall–Kier alpha value is -2.44. The van der Waals surface area contributed by atoms with Crippen molar-refractivity contribution in [1.82, 2.24) is 9.80 Å². The molecule has 1 aliphatic rings. The molecule has 28 heavy (non-hydrogen) atoms. The predicted octanol–water partition coefficient (Wildman–Crippen LogP) is 2.95. The van der Waals surface area contributed by atoms with E-state index in [4.69, 9.17) is 0 Å². The summed E-state index contributed by atoms with van der Waals surface area (Å²) in [6.45, 7) is 5.16. The zero-order valence-corrected chi connectivity index (χ0v) is 16.9. The lowest BCUT2D eigenvalue weighted by Crippen LogP contribution is -2.48. The third-order valence-corrected chi connectivity index (χ3v) is 6.75. The van der Waals surface area contributed by atoms with Gasteiger partial charge in [0.25, 0.3) is 5.91 Å². The number of sulfone groups is 1. The molecule has 0 saturated carbocycles. The summed E-state index contributed by atoms with van der Waals surface area (Å²) < 4.78 is 24.6. The molecule has 3 rings (SSSR count). The first-order chi connectivity index (χ1) is 13.5. The van der Waals surface area contributed by atoms with E-state index >= 15 is 0 Å². The standard InChI is InChI=1S/C22H26N2O3S/c1-2-28(26,27)21-13-7-6-12-20(21)22(25)24-17-15-23(16-18-24)14-8-11-19-9-4-3-5-10-19/h3-13H,2,14-18H2,1H3/b11-8+. The Morgan fingerprint density at radius 1 is 0.964 bits per heavy atom. The Morgan fingerprint density at radius 2 is 1.61 bits per heavy atom. The molecule has 1 fully saturated rings. The largest absolute Gasteiger partial charge is 0.336 e. The number of hydrogen-bond acceptors (Lipinski definition) is 4. The molecule has 0 atom stereocenters. The molecule has 0 spiro atoms. The normalized spacial score (nSPS) is 15.8. The summed E-state index contributed by atoms with van der Waals surface area (Å²) in [4.78, 5) is 17.1. The van der Waals surface area contributed by atoms with E-state index in [1.165, 1.54) is 11.6 Å². The van der Waals surface area contributed by atoms with Crippen molar-refractivity contribution in [2.45, 2.75) is 11.8 Å². The first kappa shape index (κ1) is 20.3. The molecule has 1 saturated heterocycles. The molecule has 0 unspecified atom stereocenters. The summed E-state index contributed by atoms with van der Waals surface area (Å²) in [6, 6.07) is 16.7. The third kappa shape index (κ3) is 4.88. The summed E-state index contributed by atoms with van der Waals surface area (Å²) in [5.74, 6) is -0.217. The van der Waals surface area contributed by atoms with Gasteiger partial charge in [-0.3, -0.25) is 9.69 Å². The minimum Gasteiger partial charge on any atom is -0.336 e. The first-order valence-corrected chi connectivity index (χ1v) is 11.2. The summed E-state index contributed by atoms with van der Waals surface area (Å²) in [5.41, 5.74) is 1.45. The SMILES string of the molecule is CCS(=O)(=O)c1ccccc1C(=O)N1CCN(C/C=C/c2ccccc2)CC1. The Labute approximate surface area is 167 Å².